The SMILES string of the molecule is CC(C)(C)OC(=O)N1CC(C(=O)c2ccc(OCc3ccccc3)cc2)C1. The number of ether oxygens (including phenoxy) is 2. The summed E-state index contributed by atoms with van der Waals surface area (Å²) in [6, 6.07) is 17.1. The van der Waals surface area contributed by atoms with Crippen LogP contribution in [0.25, 0.3) is 0 Å². The molecular weight excluding hydrogens is 342 g/mol. The first-order valence-electron chi connectivity index (χ1n) is 9.11. The minimum absolute atomic E-state index is 0.0458. The molecule has 0 radical (unpaired) electrons. The standard InChI is InChI=1S/C22H25NO4/c1-22(2,3)27-21(25)23-13-18(14-23)20(24)17-9-11-19(12-10-17)26-15-16-7-5-4-6-8-16/h4-12,18H,13-15H2,1-3H3. The van der Waals surface area contributed by atoms with Crippen LogP contribution in [0.2, 0.25) is 0 Å². The molecule has 1 heterocycles. The molecule has 142 valence electrons. The van der Waals surface area contributed by atoms with E-state index in [1.807, 2.05) is 51.1 Å². The van der Waals surface area contributed by atoms with Crippen molar-refractivity contribution in [2.75, 3.05) is 13.1 Å². The number of benzene rings is 2. The van der Waals surface area contributed by atoms with Gasteiger partial charge < -0.3 is 14.4 Å². The van der Waals surface area contributed by atoms with E-state index in [1.54, 1.807) is 29.2 Å². The zero-order valence-electron chi connectivity index (χ0n) is 16.0. The Morgan fingerprint density at radius 3 is 2.22 bits per heavy atom. The van der Waals surface area contributed by atoms with Crippen molar-refractivity contribution in [3.05, 3.63) is 65.7 Å². The highest BCUT2D eigenvalue weighted by Crippen LogP contribution is 2.24. The summed E-state index contributed by atoms with van der Waals surface area (Å²) in [7, 11) is 0. The van der Waals surface area contributed by atoms with Gasteiger partial charge in [0.15, 0.2) is 5.78 Å². The van der Waals surface area contributed by atoms with Gasteiger partial charge in [-0.15, -0.1) is 0 Å². The normalized spacial score (nSPS) is 14.4. The Hall–Kier alpha value is -2.82. The van der Waals surface area contributed by atoms with Gasteiger partial charge >= 0.3 is 6.09 Å². The third-order valence-electron chi connectivity index (χ3n) is 4.29. The predicted octanol–water partition coefficient (Wildman–Crippen LogP) is 4.32. The molecule has 1 aliphatic heterocycles. The molecule has 1 fully saturated rings. The van der Waals surface area contributed by atoms with Crippen LogP contribution >= 0.6 is 0 Å². The van der Waals surface area contributed by atoms with Crippen molar-refractivity contribution in [2.24, 2.45) is 5.92 Å². The van der Waals surface area contributed by atoms with Gasteiger partial charge in [0, 0.05) is 18.7 Å². The second-order valence-electron chi connectivity index (χ2n) is 7.75. The van der Waals surface area contributed by atoms with E-state index in [-0.39, 0.29) is 17.8 Å². The van der Waals surface area contributed by atoms with Gasteiger partial charge in [-0.2, -0.15) is 0 Å². The van der Waals surface area contributed by atoms with Crippen LogP contribution in [0.5, 0.6) is 5.75 Å². The van der Waals surface area contributed by atoms with Gasteiger partial charge in [-0.1, -0.05) is 30.3 Å². The molecule has 5 nitrogen and oxygen atoms in total. The Balaban J connectivity index is 1.49. The van der Waals surface area contributed by atoms with E-state index in [0.29, 0.717) is 25.3 Å². The average Bonchev–Trinajstić information content (AvgIpc) is 2.58. The van der Waals surface area contributed by atoms with Crippen LogP contribution < -0.4 is 4.74 Å². The van der Waals surface area contributed by atoms with Crippen LogP contribution in [0.4, 0.5) is 4.79 Å². The first-order valence-corrected chi connectivity index (χ1v) is 9.11. The van der Waals surface area contributed by atoms with Crippen LogP contribution in [0.1, 0.15) is 36.7 Å². The Morgan fingerprint density at radius 1 is 1.00 bits per heavy atom. The number of nitrogens with zero attached hydrogens (tertiary/aromatic N) is 1. The molecule has 0 aliphatic carbocycles. The van der Waals surface area contributed by atoms with Gasteiger partial charge in [0.05, 0.1) is 5.92 Å². The number of carbonyl (C=O) groups excluding carboxylic acids is 2. The first-order chi connectivity index (χ1) is 12.8. The fourth-order valence-electron chi connectivity index (χ4n) is 2.81. The van der Waals surface area contributed by atoms with E-state index in [1.165, 1.54) is 0 Å². The fraction of sp³-hybridized carbons (Fsp3) is 0.364. The van der Waals surface area contributed by atoms with Gasteiger partial charge in [-0.05, 0) is 50.6 Å². The lowest BCUT2D eigenvalue weighted by Gasteiger charge is -2.38. The highest BCUT2D eigenvalue weighted by Gasteiger charge is 2.38. The zero-order chi connectivity index (χ0) is 19.4. The van der Waals surface area contributed by atoms with Crippen molar-refractivity contribution in [2.45, 2.75) is 33.0 Å². The van der Waals surface area contributed by atoms with E-state index >= 15 is 0 Å². The number of carbonyl (C=O) groups is 2. The number of amides is 1. The molecule has 0 N–H and O–H groups in total. The van der Waals surface area contributed by atoms with E-state index in [4.69, 9.17) is 9.47 Å². The number of hydrogen-bond donors (Lipinski definition) is 0. The number of Topliss-reactive ketones (excluding diaryl/α,β-unsaturated/α-hetero) is 1. The molecule has 1 aliphatic rings. The van der Waals surface area contributed by atoms with Crippen molar-refractivity contribution in [1.82, 2.24) is 4.90 Å². The molecule has 5 heteroatoms. The summed E-state index contributed by atoms with van der Waals surface area (Å²) in [6.45, 7) is 6.78. The van der Waals surface area contributed by atoms with Crippen LogP contribution in [-0.2, 0) is 11.3 Å². The molecule has 1 amide bonds. The van der Waals surface area contributed by atoms with Gasteiger partial charge in [0.2, 0.25) is 0 Å². The highest BCUT2D eigenvalue weighted by atomic mass is 16.6. The number of ketones is 1. The minimum Gasteiger partial charge on any atom is -0.489 e. The Bertz CT molecular complexity index is 787. The lowest BCUT2D eigenvalue weighted by atomic mass is 9.91. The fourth-order valence-corrected chi connectivity index (χ4v) is 2.81. The van der Waals surface area contributed by atoms with E-state index in [0.717, 1.165) is 11.3 Å². The van der Waals surface area contributed by atoms with Crippen molar-refractivity contribution < 1.29 is 19.1 Å². The molecule has 1 saturated heterocycles. The highest BCUT2D eigenvalue weighted by molar-refractivity contribution is 5.99. The van der Waals surface area contributed by atoms with Crippen molar-refractivity contribution >= 4 is 11.9 Å². The van der Waals surface area contributed by atoms with E-state index in [2.05, 4.69) is 0 Å². The Morgan fingerprint density at radius 2 is 1.63 bits per heavy atom. The van der Waals surface area contributed by atoms with Crippen LogP contribution in [0.3, 0.4) is 0 Å². The smallest absolute Gasteiger partial charge is 0.410 e. The summed E-state index contributed by atoms with van der Waals surface area (Å²) in [6.07, 6.45) is -0.365. The second-order valence-corrected chi connectivity index (χ2v) is 7.75. The topological polar surface area (TPSA) is 55.8 Å². The van der Waals surface area contributed by atoms with Gasteiger partial charge in [0.1, 0.15) is 18.0 Å². The molecule has 2 aromatic carbocycles. The monoisotopic (exact) mass is 367 g/mol. The minimum atomic E-state index is -0.526. The van der Waals surface area contributed by atoms with Gasteiger partial charge in [-0.3, -0.25) is 4.79 Å². The molecule has 0 saturated carbocycles. The van der Waals surface area contributed by atoms with Crippen molar-refractivity contribution in [3.8, 4) is 5.75 Å². The lowest BCUT2D eigenvalue weighted by molar-refractivity contribution is 0.00149. The maximum absolute atomic E-state index is 12.6. The first kappa shape index (κ1) is 19.0. The third-order valence-corrected chi connectivity index (χ3v) is 4.29. The predicted molar refractivity (Wildman–Crippen MR) is 103 cm³/mol. The molecule has 0 atom stereocenters. The lowest BCUT2D eigenvalue weighted by Crippen LogP contribution is -2.54. The Kier molecular flexibility index (Phi) is 5.49. The molecule has 0 unspecified atom stereocenters. The number of hydrogen-bond acceptors (Lipinski definition) is 4. The molecule has 3 rings (SSSR count). The number of rotatable bonds is 5. The molecule has 0 spiro atoms. The molecule has 0 bridgehead atoms. The molecule has 0 aromatic heterocycles. The maximum atomic E-state index is 12.6. The van der Waals surface area contributed by atoms with E-state index < -0.39 is 5.60 Å². The summed E-state index contributed by atoms with van der Waals surface area (Å²) in [5, 5.41) is 0. The van der Waals surface area contributed by atoms with Crippen LogP contribution in [-0.4, -0.2) is 35.5 Å². The largest absolute Gasteiger partial charge is 0.489 e. The summed E-state index contributed by atoms with van der Waals surface area (Å²) in [4.78, 5) is 26.1. The zero-order valence-corrected chi connectivity index (χ0v) is 16.0. The molecule has 27 heavy (non-hydrogen) atoms. The maximum Gasteiger partial charge on any atom is 0.410 e. The van der Waals surface area contributed by atoms with E-state index in [9.17, 15) is 9.59 Å². The molecule has 2 aromatic rings. The quantitative estimate of drug-likeness (QED) is 0.739. The van der Waals surface area contributed by atoms with Crippen molar-refractivity contribution in [1.29, 1.82) is 0 Å². The summed E-state index contributed by atoms with van der Waals surface area (Å²) < 4.78 is 11.1. The van der Waals surface area contributed by atoms with Gasteiger partial charge in [0.25, 0.3) is 0 Å². The molecular formula is C22H25NO4. The second kappa shape index (κ2) is 7.82. The van der Waals surface area contributed by atoms with Crippen LogP contribution in [0, 0.1) is 5.92 Å². The van der Waals surface area contributed by atoms with Crippen molar-refractivity contribution in [3.63, 3.8) is 0 Å². The summed E-state index contributed by atoms with van der Waals surface area (Å²) in [5.41, 5.74) is 1.20. The van der Waals surface area contributed by atoms with Crippen LogP contribution in [0.15, 0.2) is 54.6 Å². The Labute approximate surface area is 159 Å². The summed E-state index contributed by atoms with van der Waals surface area (Å²) >= 11 is 0. The number of likely N-dealkylation sites (tertiary alicyclic amines) is 1. The van der Waals surface area contributed by atoms with Gasteiger partial charge in [-0.25, -0.2) is 4.79 Å². The average molecular weight is 367 g/mol. The summed E-state index contributed by atoms with van der Waals surface area (Å²) in [5.74, 6) is 0.595. The third kappa shape index (κ3) is 5.09.